The van der Waals surface area contributed by atoms with Crippen LogP contribution in [-0.2, 0) is 37.9 Å². The van der Waals surface area contributed by atoms with E-state index in [0.717, 1.165) is 29.9 Å². The zero-order chi connectivity index (χ0) is 23.6. The first-order valence-corrected chi connectivity index (χ1v) is 12.7. The molecule has 1 N–H and O–H groups in total. The first-order valence-electron chi connectivity index (χ1n) is 11.2. The third-order valence-electron chi connectivity index (χ3n) is 6.02. The summed E-state index contributed by atoms with van der Waals surface area (Å²) in [4.78, 5) is 25.8. The number of sulfonamides is 1. The Hall–Kier alpha value is -2.56. The Morgan fingerprint density at radius 2 is 1.82 bits per heavy atom. The lowest BCUT2D eigenvalue weighted by Gasteiger charge is -2.30. The van der Waals surface area contributed by atoms with Crippen LogP contribution in [0.25, 0.3) is 0 Å². The van der Waals surface area contributed by atoms with Gasteiger partial charge in [-0.2, -0.15) is 0 Å². The van der Waals surface area contributed by atoms with Crippen LogP contribution >= 0.6 is 0 Å². The van der Waals surface area contributed by atoms with Gasteiger partial charge < -0.3 is 14.5 Å². The summed E-state index contributed by atoms with van der Waals surface area (Å²) >= 11 is 0. The summed E-state index contributed by atoms with van der Waals surface area (Å²) < 4.78 is 33.2. The predicted molar refractivity (Wildman–Crippen MR) is 125 cm³/mol. The first kappa shape index (κ1) is 23.6. The smallest absolute Gasteiger partial charge is 0.241 e. The number of anilines is 1. The summed E-state index contributed by atoms with van der Waals surface area (Å²) in [6.45, 7) is 9.52. The lowest BCUT2D eigenvalue weighted by Crippen LogP contribution is -2.43. The maximum Gasteiger partial charge on any atom is 0.241 e. The van der Waals surface area contributed by atoms with Gasteiger partial charge in [0.25, 0.3) is 0 Å². The Bertz CT molecular complexity index is 1110. The molecule has 2 aliphatic rings. The molecule has 1 saturated heterocycles. The van der Waals surface area contributed by atoms with Gasteiger partial charge in [0.05, 0.1) is 36.9 Å². The molecule has 0 radical (unpaired) electrons. The van der Waals surface area contributed by atoms with Crippen LogP contribution in [0.2, 0.25) is 0 Å². The minimum Gasteiger partial charge on any atom is -0.378 e. The molecule has 1 amide bonds. The number of ether oxygens (including phenoxy) is 1. The van der Waals surface area contributed by atoms with Crippen LogP contribution in [0.3, 0.4) is 0 Å². The van der Waals surface area contributed by atoms with Crippen molar-refractivity contribution < 1.29 is 17.9 Å². The molecule has 0 atom stereocenters. The fraction of sp³-hybridized carbons (Fsp3) is 0.522. The van der Waals surface area contributed by atoms with Crippen molar-refractivity contribution in [1.82, 2.24) is 19.6 Å². The van der Waals surface area contributed by atoms with Gasteiger partial charge in [0.2, 0.25) is 21.9 Å². The maximum atomic E-state index is 12.8. The summed E-state index contributed by atoms with van der Waals surface area (Å²) in [6.07, 6.45) is 2.48. The molecule has 2 aliphatic heterocycles. The molecule has 2 aromatic rings. The molecule has 9 nitrogen and oxygen atoms in total. The van der Waals surface area contributed by atoms with Gasteiger partial charge in [-0.05, 0) is 35.1 Å². The van der Waals surface area contributed by atoms with Gasteiger partial charge in [-0.1, -0.05) is 32.9 Å². The molecule has 0 spiro atoms. The third kappa shape index (κ3) is 5.51. The average Bonchev–Trinajstić information content (AvgIpc) is 2.82. The molecule has 3 heterocycles. The summed E-state index contributed by atoms with van der Waals surface area (Å²) in [5.41, 5.74) is 2.81. The van der Waals surface area contributed by atoms with E-state index in [-0.39, 0.29) is 22.8 Å². The van der Waals surface area contributed by atoms with Crippen LogP contribution in [0.1, 0.15) is 37.6 Å². The fourth-order valence-electron chi connectivity index (χ4n) is 3.91. The molecule has 0 bridgehead atoms. The van der Waals surface area contributed by atoms with Crippen molar-refractivity contribution in [3.05, 3.63) is 47.3 Å². The quantitative estimate of drug-likeness (QED) is 0.701. The highest BCUT2D eigenvalue weighted by molar-refractivity contribution is 7.89. The molecule has 178 valence electrons. The van der Waals surface area contributed by atoms with Crippen LogP contribution in [0.5, 0.6) is 0 Å². The van der Waals surface area contributed by atoms with Gasteiger partial charge in [-0.15, -0.1) is 0 Å². The second-order valence-electron chi connectivity index (χ2n) is 9.41. The van der Waals surface area contributed by atoms with Gasteiger partial charge in [0.1, 0.15) is 0 Å². The second-order valence-corrected chi connectivity index (χ2v) is 11.2. The van der Waals surface area contributed by atoms with Crippen LogP contribution in [0, 0.1) is 0 Å². The summed E-state index contributed by atoms with van der Waals surface area (Å²) in [7, 11) is -3.78. The number of carbonyl (C=O) groups is 1. The van der Waals surface area contributed by atoms with Crippen molar-refractivity contribution in [2.75, 3.05) is 44.3 Å². The van der Waals surface area contributed by atoms with Gasteiger partial charge in [0.15, 0.2) is 0 Å². The Labute approximate surface area is 195 Å². The lowest BCUT2D eigenvalue weighted by molar-refractivity contribution is -0.130. The van der Waals surface area contributed by atoms with Gasteiger partial charge in [-0.25, -0.2) is 23.1 Å². The standard InChI is InChI=1S/C23H31N5O4S/c1-23(2,3)18-4-6-19(7-5-18)33(30,31)25-15-21(29)28-9-8-17-14-24-22(26-20(17)16-28)27-10-12-32-13-11-27/h4-7,14,25H,8-13,15-16H2,1-3H3. The van der Waals surface area contributed by atoms with E-state index in [9.17, 15) is 13.2 Å². The Morgan fingerprint density at radius 3 is 2.48 bits per heavy atom. The van der Waals surface area contributed by atoms with Gasteiger partial charge in [-0.3, -0.25) is 4.79 Å². The fourth-order valence-corrected chi connectivity index (χ4v) is 4.88. The van der Waals surface area contributed by atoms with Crippen LogP contribution in [-0.4, -0.2) is 68.6 Å². The summed E-state index contributed by atoms with van der Waals surface area (Å²) in [5.74, 6) is 0.368. The van der Waals surface area contributed by atoms with E-state index >= 15 is 0 Å². The average molecular weight is 474 g/mol. The van der Waals surface area contributed by atoms with Gasteiger partial charge in [0, 0.05) is 25.8 Å². The number of fused-ring (bicyclic) bond motifs is 1. The minimum atomic E-state index is -3.78. The maximum absolute atomic E-state index is 12.8. The van der Waals surface area contributed by atoms with Gasteiger partial charge >= 0.3 is 0 Å². The number of nitrogens with one attached hydrogen (secondary N) is 1. The Morgan fingerprint density at radius 1 is 1.12 bits per heavy atom. The molecule has 10 heteroatoms. The van der Waals surface area contributed by atoms with Crippen molar-refractivity contribution >= 4 is 21.9 Å². The van der Waals surface area contributed by atoms with E-state index in [1.807, 2.05) is 18.3 Å². The molecule has 0 saturated carbocycles. The zero-order valence-electron chi connectivity index (χ0n) is 19.4. The number of aromatic nitrogens is 2. The molecule has 33 heavy (non-hydrogen) atoms. The number of morpholine rings is 1. The highest BCUT2D eigenvalue weighted by atomic mass is 32.2. The number of benzene rings is 1. The van der Waals surface area contributed by atoms with Crippen LogP contribution in [0.15, 0.2) is 35.4 Å². The van der Waals surface area contributed by atoms with E-state index in [0.29, 0.717) is 38.7 Å². The van der Waals surface area contributed by atoms with Crippen molar-refractivity contribution in [2.24, 2.45) is 0 Å². The molecule has 1 fully saturated rings. The van der Waals surface area contributed by atoms with E-state index in [1.165, 1.54) is 0 Å². The van der Waals surface area contributed by atoms with Crippen molar-refractivity contribution in [3.63, 3.8) is 0 Å². The van der Waals surface area contributed by atoms with Crippen molar-refractivity contribution in [3.8, 4) is 0 Å². The number of rotatable bonds is 5. The highest BCUT2D eigenvalue weighted by Gasteiger charge is 2.25. The van der Waals surface area contributed by atoms with Crippen LogP contribution in [0.4, 0.5) is 5.95 Å². The molecule has 1 aromatic heterocycles. The normalized spacial score (nSPS) is 17.1. The predicted octanol–water partition coefficient (Wildman–Crippen LogP) is 1.47. The number of carbonyl (C=O) groups excluding carboxylic acids is 1. The molecule has 0 aliphatic carbocycles. The van der Waals surface area contributed by atoms with E-state index in [4.69, 9.17) is 4.74 Å². The minimum absolute atomic E-state index is 0.0680. The largest absolute Gasteiger partial charge is 0.378 e. The monoisotopic (exact) mass is 473 g/mol. The number of nitrogens with zero attached hydrogens (tertiary/aromatic N) is 4. The summed E-state index contributed by atoms with van der Waals surface area (Å²) in [5, 5.41) is 0. The molecule has 1 aromatic carbocycles. The molecular formula is C23H31N5O4S. The van der Waals surface area contributed by atoms with Crippen LogP contribution < -0.4 is 9.62 Å². The highest BCUT2D eigenvalue weighted by Crippen LogP contribution is 2.23. The first-order chi connectivity index (χ1) is 15.6. The van der Waals surface area contributed by atoms with E-state index in [2.05, 4.69) is 40.4 Å². The van der Waals surface area contributed by atoms with Crippen molar-refractivity contribution in [1.29, 1.82) is 0 Å². The zero-order valence-corrected chi connectivity index (χ0v) is 20.2. The SMILES string of the molecule is CC(C)(C)c1ccc(S(=O)(=O)NCC(=O)N2CCc3cnc(N4CCOCC4)nc3C2)cc1. The molecule has 4 rings (SSSR count). The Balaban J connectivity index is 1.38. The lowest BCUT2D eigenvalue weighted by atomic mass is 9.87. The van der Waals surface area contributed by atoms with E-state index < -0.39 is 10.0 Å². The summed E-state index contributed by atoms with van der Waals surface area (Å²) in [6, 6.07) is 6.77. The topological polar surface area (TPSA) is 105 Å². The van der Waals surface area contributed by atoms with E-state index in [1.54, 1.807) is 17.0 Å². The van der Waals surface area contributed by atoms with Crippen molar-refractivity contribution in [2.45, 2.75) is 44.0 Å². The Kier molecular flexibility index (Phi) is 6.69. The molecular weight excluding hydrogens is 442 g/mol. The second kappa shape index (κ2) is 9.36. The number of amides is 1. The third-order valence-corrected chi connectivity index (χ3v) is 7.44. The molecule has 0 unspecified atom stereocenters. The number of hydrogen-bond donors (Lipinski definition) is 1. The number of hydrogen-bond acceptors (Lipinski definition) is 7.